The molecule has 0 bridgehead atoms. The summed E-state index contributed by atoms with van der Waals surface area (Å²) >= 11 is 1.71. The van der Waals surface area contributed by atoms with E-state index in [4.69, 9.17) is 0 Å². The van der Waals surface area contributed by atoms with Gasteiger partial charge in [-0.05, 0) is 36.1 Å². The number of benzene rings is 1. The minimum atomic E-state index is 0.189. The standard InChI is InChI=1S/C16H16N2OS/c1-11(17-9-12-4-2-3-5-15(12)19)13-8-16-14(18-10-13)6-7-20-16/h2-8,10-11,17,19H,9H2,1H3. The first-order valence-corrected chi connectivity index (χ1v) is 7.45. The van der Waals surface area contributed by atoms with Gasteiger partial charge in [-0.1, -0.05) is 18.2 Å². The van der Waals surface area contributed by atoms with Crippen LogP contribution in [0.1, 0.15) is 24.1 Å². The van der Waals surface area contributed by atoms with Gasteiger partial charge in [-0.15, -0.1) is 11.3 Å². The molecule has 2 N–H and O–H groups in total. The largest absolute Gasteiger partial charge is 0.508 e. The summed E-state index contributed by atoms with van der Waals surface area (Å²) in [5.41, 5.74) is 3.12. The SMILES string of the molecule is CC(NCc1ccccc1O)c1cnc2ccsc2c1. The van der Waals surface area contributed by atoms with E-state index in [-0.39, 0.29) is 6.04 Å². The summed E-state index contributed by atoms with van der Waals surface area (Å²) in [4.78, 5) is 4.46. The highest BCUT2D eigenvalue weighted by Crippen LogP contribution is 2.23. The van der Waals surface area contributed by atoms with Crippen LogP contribution in [-0.4, -0.2) is 10.1 Å². The maximum absolute atomic E-state index is 9.76. The Hall–Kier alpha value is -1.91. The number of phenols is 1. The van der Waals surface area contributed by atoms with E-state index >= 15 is 0 Å². The van der Waals surface area contributed by atoms with Gasteiger partial charge < -0.3 is 10.4 Å². The van der Waals surface area contributed by atoms with Gasteiger partial charge >= 0.3 is 0 Å². The van der Waals surface area contributed by atoms with Crippen molar-refractivity contribution in [1.82, 2.24) is 10.3 Å². The summed E-state index contributed by atoms with van der Waals surface area (Å²) in [5.74, 6) is 0.332. The number of aromatic nitrogens is 1. The number of phenolic OH excluding ortho intramolecular Hbond substituents is 1. The van der Waals surface area contributed by atoms with Crippen molar-refractivity contribution in [3.63, 3.8) is 0 Å². The lowest BCUT2D eigenvalue weighted by atomic mass is 10.1. The zero-order valence-electron chi connectivity index (χ0n) is 11.2. The average Bonchev–Trinajstić information content (AvgIpc) is 2.93. The molecule has 0 fully saturated rings. The molecule has 0 saturated carbocycles. The smallest absolute Gasteiger partial charge is 0.120 e. The van der Waals surface area contributed by atoms with Crippen molar-refractivity contribution in [1.29, 1.82) is 0 Å². The lowest BCUT2D eigenvalue weighted by Gasteiger charge is -2.14. The molecule has 1 unspecified atom stereocenters. The first-order chi connectivity index (χ1) is 9.74. The maximum Gasteiger partial charge on any atom is 0.120 e. The minimum absolute atomic E-state index is 0.189. The van der Waals surface area contributed by atoms with Crippen molar-refractivity contribution in [2.24, 2.45) is 0 Å². The summed E-state index contributed by atoms with van der Waals surface area (Å²) in [6.07, 6.45) is 1.91. The van der Waals surface area contributed by atoms with Gasteiger partial charge in [0.1, 0.15) is 5.75 Å². The number of hydrogen-bond donors (Lipinski definition) is 2. The summed E-state index contributed by atoms with van der Waals surface area (Å²) in [6, 6.07) is 11.8. The van der Waals surface area contributed by atoms with Gasteiger partial charge in [0.05, 0.1) is 10.2 Å². The second kappa shape index (κ2) is 5.61. The Kier molecular flexibility index (Phi) is 3.67. The molecule has 0 radical (unpaired) electrons. The third kappa shape index (κ3) is 2.66. The fourth-order valence-electron chi connectivity index (χ4n) is 2.14. The Morgan fingerprint density at radius 1 is 1.30 bits per heavy atom. The fraction of sp³-hybridized carbons (Fsp3) is 0.188. The molecule has 0 saturated heterocycles. The van der Waals surface area contributed by atoms with Gasteiger partial charge in [0.2, 0.25) is 0 Å². The number of nitrogens with zero attached hydrogens (tertiary/aromatic N) is 1. The summed E-state index contributed by atoms with van der Waals surface area (Å²) in [5, 5.41) is 15.2. The van der Waals surface area contributed by atoms with Crippen molar-refractivity contribution in [3.05, 3.63) is 59.1 Å². The van der Waals surface area contributed by atoms with Gasteiger partial charge in [0, 0.05) is 24.3 Å². The Morgan fingerprint density at radius 2 is 2.15 bits per heavy atom. The number of nitrogens with one attached hydrogen (secondary N) is 1. The molecule has 3 rings (SSSR count). The molecule has 1 aromatic carbocycles. The number of pyridine rings is 1. The number of para-hydroxylation sites is 1. The minimum Gasteiger partial charge on any atom is -0.508 e. The molecule has 0 aliphatic carbocycles. The summed E-state index contributed by atoms with van der Waals surface area (Å²) in [7, 11) is 0. The van der Waals surface area contributed by atoms with E-state index in [1.54, 1.807) is 17.4 Å². The van der Waals surface area contributed by atoms with E-state index in [2.05, 4.69) is 28.7 Å². The van der Waals surface area contributed by atoms with Crippen LogP contribution in [0.3, 0.4) is 0 Å². The van der Waals surface area contributed by atoms with Crippen molar-refractivity contribution < 1.29 is 5.11 Å². The number of aromatic hydroxyl groups is 1. The molecule has 0 aliphatic heterocycles. The van der Waals surface area contributed by atoms with Crippen molar-refractivity contribution >= 4 is 21.6 Å². The molecule has 2 aromatic heterocycles. The molecule has 4 heteroatoms. The number of thiophene rings is 1. The second-order valence-electron chi connectivity index (χ2n) is 4.80. The third-order valence-corrected chi connectivity index (χ3v) is 4.27. The van der Waals surface area contributed by atoms with Crippen LogP contribution < -0.4 is 5.32 Å². The predicted octanol–water partition coefficient (Wildman–Crippen LogP) is 3.85. The topological polar surface area (TPSA) is 45.1 Å². The third-order valence-electron chi connectivity index (χ3n) is 3.41. The Balaban J connectivity index is 1.72. The monoisotopic (exact) mass is 284 g/mol. The average molecular weight is 284 g/mol. The van der Waals surface area contributed by atoms with E-state index < -0.39 is 0 Å². The van der Waals surface area contributed by atoms with Crippen LogP contribution in [0.15, 0.2) is 48.0 Å². The lowest BCUT2D eigenvalue weighted by molar-refractivity contribution is 0.460. The first-order valence-electron chi connectivity index (χ1n) is 6.57. The summed E-state index contributed by atoms with van der Waals surface area (Å²) < 4.78 is 1.21. The van der Waals surface area contributed by atoms with E-state index in [0.29, 0.717) is 12.3 Å². The van der Waals surface area contributed by atoms with Gasteiger partial charge in [-0.2, -0.15) is 0 Å². The molecular weight excluding hydrogens is 268 g/mol. The molecule has 3 nitrogen and oxygen atoms in total. The highest BCUT2D eigenvalue weighted by molar-refractivity contribution is 7.17. The molecule has 2 heterocycles. The van der Waals surface area contributed by atoms with Crippen molar-refractivity contribution in [3.8, 4) is 5.75 Å². The molecule has 1 atom stereocenters. The molecule has 0 spiro atoms. The Morgan fingerprint density at radius 3 is 3.00 bits per heavy atom. The highest BCUT2D eigenvalue weighted by Gasteiger charge is 2.08. The van der Waals surface area contributed by atoms with Crippen LogP contribution >= 0.6 is 11.3 Å². The Bertz CT molecular complexity index is 723. The normalized spacial score (nSPS) is 12.7. The van der Waals surface area contributed by atoms with Gasteiger partial charge in [0.25, 0.3) is 0 Å². The molecule has 0 aliphatic rings. The highest BCUT2D eigenvalue weighted by atomic mass is 32.1. The Labute approximate surface area is 121 Å². The number of rotatable bonds is 4. The van der Waals surface area contributed by atoms with E-state index in [9.17, 15) is 5.11 Å². The van der Waals surface area contributed by atoms with Crippen LogP contribution in [0.4, 0.5) is 0 Å². The number of hydrogen-bond acceptors (Lipinski definition) is 4. The summed E-state index contributed by atoms with van der Waals surface area (Å²) in [6.45, 7) is 2.74. The fourth-order valence-corrected chi connectivity index (χ4v) is 2.93. The van der Waals surface area contributed by atoms with Crippen LogP contribution in [0.2, 0.25) is 0 Å². The molecule has 20 heavy (non-hydrogen) atoms. The quantitative estimate of drug-likeness (QED) is 0.765. The zero-order valence-corrected chi connectivity index (χ0v) is 12.0. The second-order valence-corrected chi connectivity index (χ2v) is 5.75. The van der Waals surface area contributed by atoms with Crippen molar-refractivity contribution in [2.75, 3.05) is 0 Å². The lowest BCUT2D eigenvalue weighted by Crippen LogP contribution is -2.18. The molecule has 3 aromatic rings. The van der Waals surface area contributed by atoms with E-state index in [1.807, 2.05) is 30.5 Å². The zero-order chi connectivity index (χ0) is 13.9. The molecular formula is C16H16N2OS. The maximum atomic E-state index is 9.76. The van der Waals surface area contributed by atoms with Gasteiger partial charge in [-0.3, -0.25) is 4.98 Å². The van der Waals surface area contributed by atoms with Crippen molar-refractivity contribution in [2.45, 2.75) is 19.5 Å². The van der Waals surface area contributed by atoms with E-state index in [1.165, 1.54) is 4.70 Å². The number of fused-ring (bicyclic) bond motifs is 1. The predicted molar refractivity (Wildman–Crippen MR) is 83.0 cm³/mol. The van der Waals surface area contributed by atoms with Crippen LogP contribution in [-0.2, 0) is 6.54 Å². The van der Waals surface area contributed by atoms with Crippen LogP contribution in [0, 0.1) is 0 Å². The van der Waals surface area contributed by atoms with Crippen LogP contribution in [0.5, 0.6) is 5.75 Å². The van der Waals surface area contributed by atoms with E-state index in [0.717, 1.165) is 16.6 Å². The first kappa shape index (κ1) is 13.1. The van der Waals surface area contributed by atoms with Gasteiger partial charge in [-0.25, -0.2) is 0 Å². The molecule has 0 amide bonds. The van der Waals surface area contributed by atoms with Crippen LogP contribution in [0.25, 0.3) is 10.2 Å². The van der Waals surface area contributed by atoms with Gasteiger partial charge in [0.15, 0.2) is 0 Å². The molecule has 102 valence electrons.